The molecule has 0 aliphatic rings. The number of halogens is 1. The van der Waals surface area contributed by atoms with Gasteiger partial charge in [-0.2, -0.15) is 4.39 Å². The van der Waals surface area contributed by atoms with E-state index in [1.165, 1.54) is 21.9 Å². The summed E-state index contributed by atoms with van der Waals surface area (Å²) >= 11 is 0. The van der Waals surface area contributed by atoms with Gasteiger partial charge in [0, 0.05) is 39.2 Å². The monoisotopic (exact) mass is 631 g/mol. The fraction of sp³-hybridized carbons (Fsp3) is 0.227. The molecule has 0 fully saturated rings. The van der Waals surface area contributed by atoms with Gasteiger partial charge in [-0.05, 0) is 113 Å². The number of H-pyrrole nitrogens is 1. The van der Waals surface area contributed by atoms with Gasteiger partial charge in [-0.25, -0.2) is 4.98 Å². The predicted octanol–water partition coefficient (Wildman–Crippen LogP) is 12.1. The molecule has 0 unspecified atom stereocenters. The summed E-state index contributed by atoms with van der Waals surface area (Å²) in [7, 11) is 0. The highest BCUT2D eigenvalue weighted by Crippen LogP contribution is 2.43. The normalized spacial score (nSPS) is 12.3. The molecule has 0 spiro atoms. The van der Waals surface area contributed by atoms with Crippen LogP contribution in [0.25, 0.3) is 66.6 Å². The number of aryl methyl sites for hydroxylation is 2. The van der Waals surface area contributed by atoms with Crippen molar-refractivity contribution < 1.29 is 4.39 Å². The summed E-state index contributed by atoms with van der Waals surface area (Å²) in [5, 5.41) is 2.37. The molecule has 0 bridgehead atoms. The van der Waals surface area contributed by atoms with Crippen molar-refractivity contribution in [1.29, 1.82) is 0 Å². The van der Waals surface area contributed by atoms with Crippen LogP contribution in [-0.2, 0) is 10.8 Å². The van der Waals surface area contributed by atoms with Crippen LogP contribution in [0, 0.1) is 19.8 Å². The average Bonchev–Trinajstić information content (AvgIpc) is 3.43. The van der Waals surface area contributed by atoms with E-state index < -0.39 is 5.95 Å². The first-order chi connectivity index (χ1) is 22.8. The number of benzene rings is 4. The molecule has 3 heterocycles. The van der Waals surface area contributed by atoms with Crippen LogP contribution in [0.3, 0.4) is 0 Å². The second-order valence-corrected chi connectivity index (χ2v) is 15.1. The van der Waals surface area contributed by atoms with Crippen molar-refractivity contribution >= 4 is 21.8 Å². The Bertz CT molecular complexity index is 2310. The molecule has 3 nitrogen and oxygen atoms in total. The Kier molecular flexibility index (Phi) is 7.58. The minimum atomic E-state index is -0.459. The fourth-order valence-electron chi connectivity index (χ4n) is 6.79. The lowest BCUT2D eigenvalue weighted by molar-refractivity contribution is 0.589. The molecule has 4 heteroatoms. The minimum Gasteiger partial charge on any atom is -0.353 e. The van der Waals surface area contributed by atoms with Crippen LogP contribution in [-0.4, -0.2) is 15.0 Å². The van der Waals surface area contributed by atoms with Gasteiger partial charge >= 0.3 is 0 Å². The Morgan fingerprint density at radius 1 is 0.562 bits per heavy atom. The Morgan fingerprint density at radius 2 is 1.17 bits per heavy atom. The van der Waals surface area contributed by atoms with Crippen LogP contribution in [0.2, 0.25) is 0 Å². The first-order valence-corrected chi connectivity index (χ1v) is 16.7. The second-order valence-electron chi connectivity index (χ2n) is 15.1. The number of pyridine rings is 2. The van der Waals surface area contributed by atoms with Gasteiger partial charge in [0.05, 0.1) is 22.4 Å². The SMILES string of the molecule is Cc1cccc(C)c1-c1ccc(-c2cccc(-c3cc(C(C)(C)C)cc4c3[nH]c3c(-c5ccccn5)cc(C(C)(C)C)cc34)c2)nc1F. The number of nitrogens with zero attached hydrogens (tertiary/aromatic N) is 2. The number of aromatic amines is 1. The van der Waals surface area contributed by atoms with Gasteiger partial charge in [0.25, 0.3) is 0 Å². The van der Waals surface area contributed by atoms with Crippen LogP contribution in [0.1, 0.15) is 63.8 Å². The van der Waals surface area contributed by atoms with Crippen molar-refractivity contribution in [2.45, 2.75) is 66.2 Å². The minimum absolute atomic E-state index is 0.0458. The Labute approximate surface area is 282 Å². The van der Waals surface area contributed by atoms with Crippen molar-refractivity contribution in [3.8, 4) is 44.8 Å². The van der Waals surface area contributed by atoms with Gasteiger partial charge in [0.15, 0.2) is 0 Å². The standard InChI is InChI=1S/C44H42FN3/c1-26-13-11-14-27(2)39(26)32-18-19-37(47-42(32)45)29-16-12-15-28(21-29)33-22-30(43(3,4)5)23-34-35-24-31(44(6,7)8)25-36(41(35)48-40(33)34)38-17-9-10-20-46-38/h9-25,48H,1-8H3. The topological polar surface area (TPSA) is 41.6 Å². The van der Waals surface area contributed by atoms with Crippen LogP contribution in [0.4, 0.5) is 4.39 Å². The number of rotatable bonds is 4. The van der Waals surface area contributed by atoms with Crippen molar-refractivity contribution in [3.05, 3.63) is 131 Å². The molecule has 0 saturated carbocycles. The van der Waals surface area contributed by atoms with E-state index in [9.17, 15) is 0 Å². The van der Waals surface area contributed by atoms with Gasteiger partial charge in [-0.3, -0.25) is 4.98 Å². The highest BCUT2D eigenvalue weighted by Gasteiger charge is 2.24. The molecule has 0 amide bonds. The molecule has 0 saturated heterocycles. The number of fused-ring (bicyclic) bond motifs is 3. The van der Waals surface area contributed by atoms with E-state index in [0.29, 0.717) is 11.3 Å². The van der Waals surface area contributed by atoms with Gasteiger partial charge in [-0.15, -0.1) is 0 Å². The van der Waals surface area contributed by atoms with Gasteiger partial charge in [-0.1, -0.05) is 84.0 Å². The Hall–Kier alpha value is -5.09. The number of hydrogen-bond acceptors (Lipinski definition) is 2. The van der Waals surface area contributed by atoms with Crippen LogP contribution in [0.15, 0.2) is 103 Å². The Balaban J connectivity index is 1.44. The summed E-state index contributed by atoms with van der Waals surface area (Å²) in [5.74, 6) is -0.459. The molecule has 48 heavy (non-hydrogen) atoms. The highest BCUT2D eigenvalue weighted by atomic mass is 19.1. The largest absolute Gasteiger partial charge is 0.353 e. The summed E-state index contributed by atoms with van der Waals surface area (Å²) in [6.45, 7) is 17.6. The van der Waals surface area contributed by atoms with E-state index >= 15 is 4.39 Å². The molecule has 3 aromatic heterocycles. The third-order valence-electron chi connectivity index (χ3n) is 9.56. The number of aromatic nitrogens is 3. The molecule has 0 radical (unpaired) electrons. The molecular formula is C44H42FN3. The van der Waals surface area contributed by atoms with Gasteiger partial charge in [0.1, 0.15) is 0 Å². The molecule has 240 valence electrons. The van der Waals surface area contributed by atoms with Gasteiger partial charge in [0.2, 0.25) is 5.95 Å². The molecule has 4 aromatic carbocycles. The van der Waals surface area contributed by atoms with Crippen molar-refractivity contribution in [3.63, 3.8) is 0 Å². The van der Waals surface area contributed by atoms with E-state index in [1.807, 2.05) is 74.6 Å². The lowest BCUT2D eigenvalue weighted by Crippen LogP contribution is -2.11. The quantitative estimate of drug-likeness (QED) is 0.196. The molecule has 0 atom stereocenters. The molecule has 1 N–H and O–H groups in total. The summed E-state index contributed by atoms with van der Waals surface area (Å²) in [6, 6.07) is 33.5. The van der Waals surface area contributed by atoms with E-state index in [1.54, 1.807) is 0 Å². The smallest absolute Gasteiger partial charge is 0.221 e. The lowest BCUT2D eigenvalue weighted by atomic mass is 9.82. The van der Waals surface area contributed by atoms with Crippen molar-refractivity contribution in [1.82, 2.24) is 15.0 Å². The van der Waals surface area contributed by atoms with Gasteiger partial charge < -0.3 is 4.98 Å². The average molecular weight is 632 g/mol. The van der Waals surface area contributed by atoms with E-state index in [-0.39, 0.29) is 10.8 Å². The summed E-state index contributed by atoms with van der Waals surface area (Å²) in [5.41, 5.74) is 13.7. The number of nitrogens with one attached hydrogen (secondary N) is 1. The van der Waals surface area contributed by atoms with E-state index in [4.69, 9.17) is 4.98 Å². The first-order valence-electron chi connectivity index (χ1n) is 16.7. The third kappa shape index (κ3) is 5.60. The van der Waals surface area contributed by atoms with Crippen LogP contribution < -0.4 is 0 Å². The summed E-state index contributed by atoms with van der Waals surface area (Å²) < 4.78 is 15.7. The first kappa shape index (κ1) is 31.5. The zero-order valence-electron chi connectivity index (χ0n) is 29.1. The Morgan fingerprint density at radius 3 is 1.77 bits per heavy atom. The maximum atomic E-state index is 15.7. The van der Waals surface area contributed by atoms with Crippen molar-refractivity contribution in [2.75, 3.05) is 0 Å². The summed E-state index contributed by atoms with van der Waals surface area (Å²) in [4.78, 5) is 13.1. The van der Waals surface area contributed by atoms with E-state index in [2.05, 4.69) is 94.0 Å². The lowest BCUT2D eigenvalue weighted by Gasteiger charge is -2.22. The van der Waals surface area contributed by atoms with Crippen molar-refractivity contribution in [2.24, 2.45) is 0 Å². The molecule has 0 aliphatic heterocycles. The second kappa shape index (κ2) is 11.6. The molecular weight excluding hydrogens is 590 g/mol. The predicted molar refractivity (Wildman–Crippen MR) is 200 cm³/mol. The summed E-state index contributed by atoms with van der Waals surface area (Å²) in [6.07, 6.45) is 1.85. The molecule has 0 aliphatic carbocycles. The maximum absolute atomic E-state index is 15.7. The zero-order chi connectivity index (χ0) is 34.0. The number of hydrogen-bond donors (Lipinski definition) is 1. The zero-order valence-corrected chi connectivity index (χ0v) is 29.1. The van der Waals surface area contributed by atoms with Crippen LogP contribution >= 0.6 is 0 Å². The van der Waals surface area contributed by atoms with Crippen LogP contribution in [0.5, 0.6) is 0 Å². The highest BCUT2D eigenvalue weighted by molar-refractivity contribution is 6.16. The van der Waals surface area contributed by atoms with E-state index in [0.717, 1.165) is 55.7 Å². The third-order valence-corrected chi connectivity index (χ3v) is 9.56. The molecule has 7 aromatic rings. The molecule has 7 rings (SSSR count). The fourth-order valence-corrected chi connectivity index (χ4v) is 6.79. The maximum Gasteiger partial charge on any atom is 0.221 e.